The van der Waals surface area contributed by atoms with Crippen molar-refractivity contribution in [1.29, 1.82) is 0 Å². The van der Waals surface area contributed by atoms with Crippen molar-refractivity contribution < 1.29 is 0 Å². The zero-order valence-electron chi connectivity index (χ0n) is 30.9. The highest BCUT2D eigenvalue weighted by atomic mass is 15.1. The van der Waals surface area contributed by atoms with Crippen LogP contribution >= 0.6 is 0 Å². The van der Waals surface area contributed by atoms with Gasteiger partial charge in [-0.15, -0.1) is 0 Å². The highest BCUT2D eigenvalue weighted by molar-refractivity contribution is 6.11. The molecule has 2 heteroatoms. The van der Waals surface area contributed by atoms with Crippen molar-refractivity contribution in [1.82, 2.24) is 4.57 Å². The topological polar surface area (TPSA) is 8.17 Å². The minimum absolute atomic E-state index is 0.711. The van der Waals surface area contributed by atoms with Crippen molar-refractivity contribution in [3.63, 3.8) is 0 Å². The van der Waals surface area contributed by atoms with E-state index in [1.807, 2.05) is 0 Å². The quantitative estimate of drug-likeness (QED) is 0.160. The second kappa shape index (κ2) is 13.2. The fourth-order valence-corrected chi connectivity index (χ4v) is 10.2. The summed E-state index contributed by atoms with van der Waals surface area (Å²) in [4.78, 5) is 2.45. The van der Waals surface area contributed by atoms with E-state index < -0.39 is 0 Å². The second-order valence-electron chi connectivity index (χ2n) is 15.7. The van der Waals surface area contributed by atoms with E-state index in [4.69, 9.17) is 0 Å². The van der Waals surface area contributed by atoms with Gasteiger partial charge in [-0.05, 0) is 136 Å². The fraction of sp³-hybridized carbons (Fsp3) is 0.132. The highest BCUT2D eigenvalue weighted by Crippen LogP contribution is 2.53. The molecule has 0 spiro atoms. The van der Waals surface area contributed by atoms with Crippen LogP contribution in [0.25, 0.3) is 60.5 Å². The lowest BCUT2D eigenvalue weighted by Gasteiger charge is -2.27. The maximum absolute atomic E-state index is 2.45. The van der Waals surface area contributed by atoms with E-state index >= 15 is 0 Å². The standard InChI is InChI=1S/C53H42N2/c1-3-11-37(12-4-1)46-18-9-13-40-14-10-19-47(53(40)46)38-23-27-43(28-24-38)54(44-29-25-39(26-30-44)49-34-36-21-22-41(49)33-36)45-31-32-52-50(35-45)48-17-7-8-20-51(48)55(52)42-15-5-2-6-16-42/h1-20,23-32,35-36,41,49H,21-22,33-34H2. The van der Waals surface area contributed by atoms with Gasteiger partial charge in [0.05, 0.1) is 11.0 Å². The first-order valence-corrected chi connectivity index (χ1v) is 19.9. The maximum Gasteiger partial charge on any atom is 0.0542 e. The molecule has 3 atom stereocenters. The molecule has 2 fully saturated rings. The molecule has 1 aromatic heterocycles. The fourth-order valence-electron chi connectivity index (χ4n) is 10.2. The summed E-state index contributed by atoms with van der Waals surface area (Å²) in [6.07, 6.45) is 5.61. The molecule has 0 aliphatic heterocycles. The van der Waals surface area contributed by atoms with Crippen LogP contribution in [0.3, 0.4) is 0 Å². The van der Waals surface area contributed by atoms with Gasteiger partial charge in [0.1, 0.15) is 0 Å². The van der Waals surface area contributed by atoms with Gasteiger partial charge in [0, 0.05) is 33.5 Å². The number of para-hydroxylation sites is 2. The molecule has 2 aliphatic rings. The number of hydrogen-bond acceptors (Lipinski definition) is 1. The lowest BCUT2D eigenvalue weighted by atomic mass is 9.83. The monoisotopic (exact) mass is 706 g/mol. The van der Waals surface area contributed by atoms with Crippen molar-refractivity contribution in [2.24, 2.45) is 11.8 Å². The zero-order valence-corrected chi connectivity index (χ0v) is 30.9. The molecule has 8 aromatic carbocycles. The Kier molecular flexibility index (Phi) is 7.69. The lowest BCUT2D eigenvalue weighted by molar-refractivity contribution is 0.420. The smallest absolute Gasteiger partial charge is 0.0542 e. The Morgan fingerprint density at radius 2 is 1.07 bits per heavy atom. The summed E-state index contributed by atoms with van der Waals surface area (Å²) in [5.41, 5.74) is 13.6. The van der Waals surface area contributed by atoms with Crippen molar-refractivity contribution >= 4 is 49.6 Å². The van der Waals surface area contributed by atoms with E-state index in [-0.39, 0.29) is 0 Å². The molecule has 11 rings (SSSR count). The number of aromatic nitrogens is 1. The largest absolute Gasteiger partial charge is 0.310 e. The van der Waals surface area contributed by atoms with Crippen LogP contribution in [0, 0.1) is 11.8 Å². The predicted octanol–water partition coefficient (Wildman–Crippen LogP) is 14.6. The first-order chi connectivity index (χ1) is 27.3. The first kappa shape index (κ1) is 32.1. The van der Waals surface area contributed by atoms with Crippen LogP contribution in [0.4, 0.5) is 17.1 Å². The van der Waals surface area contributed by atoms with Crippen molar-refractivity contribution in [3.8, 4) is 27.9 Å². The van der Waals surface area contributed by atoms with Crippen LogP contribution in [0.1, 0.15) is 37.2 Å². The zero-order chi connectivity index (χ0) is 36.3. The normalized spacial score (nSPS) is 17.7. The Morgan fingerprint density at radius 3 is 1.76 bits per heavy atom. The van der Waals surface area contributed by atoms with E-state index in [0.29, 0.717) is 5.92 Å². The molecule has 9 aromatic rings. The van der Waals surface area contributed by atoms with Gasteiger partial charge in [-0.25, -0.2) is 0 Å². The van der Waals surface area contributed by atoms with E-state index in [0.717, 1.165) is 23.2 Å². The molecule has 2 nitrogen and oxygen atoms in total. The summed E-state index contributed by atoms with van der Waals surface area (Å²) in [6.45, 7) is 0. The number of rotatable bonds is 7. The van der Waals surface area contributed by atoms with Crippen molar-refractivity contribution in [2.75, 3.05) is 4.90 Å². The molecule has 0 amide bonds. The summed E-state index contributed by atoms with van der Waals surface area (Å²) >= 11 is 0. The lowest BCUT2D eigenvalue weighted by Crippen LogP contribution is -2.11. The van der Waals surface area contributed by atoms with Gasteiger partial charge in [-0.1, -0.05) is 134 Å². The number of anilines is 3. The first-order valence-electron chi connectivity index (χ1n) is 19.9. The SMILES string of the molecule is c1ccc(-c2cccc3cccc(-c4ccc(N(c5ccc(C6CC7CCC6C7)cc5)c5ccc6c(c5)c5ccccc5n6-c5ccccc5)cc4)c23)cc1. The van der Waals surface area contributed by atoms with Crippen LogP contribution in [0.2, 0.25) is 0 Å². The van der Waals surface area contributed by atoms with Gasteiger partial charge < -0.3 is 9.47 Å². The number of benzene rings is 8. The second-order valence-corrected chi connectivity index (χ2v) is 15.7. The van der Waals surface area contributed by atoms with E-state index in [2.05, 4.69) is 198 Å². The van der Waals surface area contributed by atoms with Gasteiger partial charge in [0.25, 0.3) is 0 Å². The Morgan fingerprint density at radius 1 is 0.455 bits per heavy atom. The minimum Gasteiger partial charge on any atom is -0.310 e. The molecule has 3 unspecified atom stereocenters. The average molecular weight is 707 g/mol. The Hall–Kier alpha value is -6.38. The summed E-state index contributed by atoms with van der Waals surface area (Å²) in [7, 11) is 0. The molecule has 2 aliphatic carbocycles. The van der Waals surface area contributed by atoms with E-state index in [9.17, 15) is 0 Å². The van der Waals surface area contributed by atoms with E-state index in [1.54, 1.807) is 0 Å². The molecule has 0 radical (unpaired) electrons. The third-order valence-electron chi connectivity index (χ3n) is 12.7. The van der Waals surface area contributed by atoms with Crippen LogP contribution in [0.5, 0.6) is 0 Å². The third-order valence-corrected chi connectivity index (χ3v) is 12.7. The maximum atomic E-state index is 2.45. The van der Waals surface area contributed by atoms with E-state index in [1.165, 1.54) is 97.5 Å². The van der Waals surface area contributed by atoms with Gasteiger partial charge in [0.2, 0.25) is 0 Å². The Balaban J connectivity index is 1.05. The summed E-state index contributed by atoms with van der Waals surface area (Å²) in [6, 6.07) is 69.4. The Bertz CT molecular complexity index is 2810. The summed E-state index contributed by atoms with van der Waals surface area (Å²) in [5.74, 6) is 2.50. The van der Waals surface area contributed by atoms with Gasteiger partial charge in [0.15, 0.2) is 0 Å². The van der Waals surface area contributed by atoms with Crippen LogP contribution in [-0.4, -0.2) is 4.57 Å². The number of fused-ring (bicyclic) bond motifs is 6. The molecule has 0 saturated heterocycles. The van der Waals surface area contributed by atoms with Gasteiger partial charge in [-0.3, -0.25) is 0 Å². The van der Waals surface area contributed by atoms with Gasteiger partial charge in [-0.2, -0.15) is 0 Å². The summed E-state index contributed by atoms with van der Waals surface area (Å²) in [5, 5.41) is 5.05. The number of hydrogen-bond donors (Lipinski definition) is 0. The van der Waals surface area contributed by atoms with Crippen LogP contribution in [-0.2, 0) is 0 Å². The summed E-state index contributed by atoms with van der Waals surface area (Å²) < 4.78 is 2.39. The van der Waals surface area contributed by atoms with Crippen LogP contribution in [0.15, 0.2) is 188 Å². The molecule has 0 N–H and O–H groups in total. The van der Waals surface area contributed by atoms with Gasteiger partial charge >= 0.3 is 0 Å². The molecule has 264 valence electrons. The Labute approximate surface area is 322 Å². The molecule has 1 heterocycles. The predicted molar refractivity (Wildman–Crippen MR) is 232 cm³/mol. The molecule has 2 saturated carbocycles. The molecular weight excluding hydrogens is 665 g/mol. The highest BCUT2D eigenvalue weighted by Gasteiger charge is 2.40. The average Bonchev–Trinajstić information content (AvgIpc) is 3.99. The number of nitrogens with zero attached hydrogens (tertiary/aromatic N) is 2. The molecule has 2 bridgehead atoms. The molecule has 55 heavy (non-hydrogen) atoms. The van der Waals surface area contributed by atoms with Crippen LogP contribution < -0.4 is 4.90 Å². The van der Waals surface area contributed by atoms with Crippen molar-refractivity contribution in [3.05, 3.63) is 194 Å². The minimum atomic E-state index is 0.711. The third kappa shape index (κ3) is 5.47. The van der Waals surface area contributed by atoms with Crippen molar-refractivity contribution in [2.45, 2.75) is 31.6 Å². The molecular formula is C53H42N2.